The lowest BCUT2D eigenvalue weighted by Gasteiger charge is -2.30. The van der Waals surface area contributed by atoms with Crippen molar-refractivity contribution in [3.63, 3.8) is 0 Å². The molecular weight excluding hydrogens is 289 g/mol. The molecule has 1 unspecified atom stereocenters. The second-order valence-corrected chi connectivity index (χ2v) is 5.38. The van der Waals surface area contributed by atoms with Gasteiger partial charge in [0.15, 0.2) is 0 Å². The van der Waals surface area contributed by atoms with Crippen molar-refractivity contribution < 1.29 is 0 Å². The van der Waals surface area contributed by atoms with Crippen molar-refractivity contribution in [1.82, 2.24) is 4.98 Å². The van der Waals surface area contributed by atoms with Gasteiger partial charge in [-0.15, -0.1) is 0 Å². The van der Waals surface area contributed by atoms with E-state index in [2.05, 4.69) is 40.1 Å². The van der Waals surface area contributed by atoms with Crippen molar-refractivity contribution in [3.05, 3.63) is 21.8 Å². The van der Waals surface area contributed by atoms with Gasteiger partial charge in [-0.1, -0.05) is 18.5 Å². The number of hydrogen-bond donors (Lipinski definition) is 2. The van der Waals surface area contributed by atoms with E-state index in [0.29, 0.717) is 17.4 Å². The molecule has 0 aliphatic heterocycles. The maximum atomic E-state index is 6.11. The summed E-state index contributed by atoms with van der Waals surface area (Å²) in [6, 6.07) is 1.83. The highest BCUT2D eigenvalue weighted by Crippen LogP contribution is 2.27. The Labute approximate surface area is 110 Å². The SMILES string of the molecule is CCC(C)(CCN)Nc1ncc(Br)cc1Cl. The molecule has 90 valence electrons. The van der Waals surface area contributed by atoms with Gasteiger partial charge in [-0.3, -0.25) is 0 Å². The summed E-state index contributed by atoms with van der Waals surface area (Å²) in [6.45, 7) is 4.89. The van der Waals surface area contributed by atoms with E-state index in [-0.39, 0.29) is 5.54 Å². The maximum absolute atomic E-state index is 6.11. The van der Waals surface area contributed by atoms with Crippen molar-refractivity contribution in [2.24, 2.45) is 5.73 Å². The first-order valence-corrected chi connectivity index (χ1v) is 6.47. The topological polar surface area (TPSA) is 50.9 Å². The molecule has 0 aliphatic rings. The summed E-state index contributed by atoms with van der Waals surface area (Å²) in [5, 5.41) is 3.97. The summed E-state index contributed by atoms with van der Waals surface area (Å²) in [5.41, 5.74) is 5.55. The standard InChI is InChI=1S/C11H17BrClN3/c1-3-11(2,4-5-14)16-10-9(13)6-8(12)7-15-10/h6-7H,3-5,14H2,1-2H3,(H,15,16). The normalized spacial score (nSPS) is 14.6. The molecule has 0 amide bonds. The van der Waals surface area contributed by atoms with Crippen molar-refractivity contribution >= 4 is 33.3 Å². The van der Waals surface area contributed by atoms with Gasteiger partial charge in [0, 0.05) is 16.2 Å². The van der Waals surface area contributed by atoms with Crippen LogP contribution in [0, 0.1) is 0 Å². The predicted octanol–water partition coefficient (Wildman–Crippen LogP) is 3.43. The molecule has 1 aromatic rings. The first-order valence-electron chi connectivity index (χ1n) is 5.30. The number of aromatic nitrogens is 1. The number of anilines is 1. The number of pyridine rings is 1. The Bertz CT molecular complexity index is 359. The highest BCUT2D eigenvalue weighted by atomic mass is 79.9. The highest BCUT2D eigenvalue weighted by molar-refractivity contribution is 9.10. The summed E-state index contributed by atoms with van der Waals surface area (Å²) < 4.78 is 0.875. The zero-order chi connectivity index (χ0) is 12.2. The fraction of sp³-hybridized carbons (Fsp3) is 0.545. The largest absolute Gasteiger partial charge is 0.364 e. The van der Waals surface area contributed by atoms with Crippen LogP contribution in [0.15, 0.2) is 16.7 Å². The van der Waals surface area contributed by atoms with Gasteiger partial charge in [-0.2, -0.15) is 0 Å². The zero-order valence-electron chi connectivity index (χ0n) is 9.56. The van der Waals surface area contributed by atoms with Gasteiger partial charge in [0.05, 0.1) is 5.02 Å². The van der Waals surface area contributed by atoms with E-state index in [1.807, 2.05) is 6.07 Å². The molecule has 1 rings (SSSR count). The van der Waals surface area contributed by atoms with Gasteiger partial charge in [-0.25, -0.2) is 4.98 Å². The van der Waals surface area contributed by atoms with E-state index in [0.717, 1.165) is 17.3 Å². The van der Waals surface area contributed by atoms with Gasteiger partial charge in [0.2, 0.25) is 0 Å². The van der Waals surface area contributed by atoms with Gasteiger partial charge in [0.25, 0.3) is 0 Å². The van der Waals surface area contributed by atoms with E-state index in [4.69, 9.17) is 17.3 Å². The summed E-state index contributed by atoms with van der Waals surface area (Å²) in [6.07, 6.45) is 3.59. The molecule has 0 aliphatic carbocycles. The molecule has 0 saturated heterocycles. The number of nitrogens with two attached hydrogens (primary N) is 1. The molecule has 0 fully saturated rings. The minimum atomic E-state index is -0.0563. The third-order valence-electron chi connectivity index (χ3n) is 2.70. The minimum Gasteiger partial charge on any atom is -0.364 e. The van der Waals surface area contributed by atoms with Gasteiger partial charge in [0.1, 0.15) is 5.82 Å². The van der Waals surface area contributed by atoms with Crippen LogP contribution in [0.1, 0.15) is 26.7 Å². The molecular formula is C11H17BrClN3. The van der Waals surface area contributed by atoms with Crippen LogP contribution in [0.4, 0.5) is 5.82 Å². The van der Waals surface area contributed by atoms with Crippen LogP contribution in [-0.4, -0.2) is 17.1 Å². The van der Waals surface area contributed by atoms with Crippen molar-refractivity contribution in [2.45, 2.75) is 32.2 Å². The number of rotatable bonds is 5. The molecule has 5 heteroatoms. The van der Waals surface area contributed by atoms with E-state index in [1.54, 1.807) is 6.20 Å². The third-order valence-corrected chi connectivity index (χ3v) is 3.43. The Morgan fingerprint density at radius 3 is 2.81 bits per heavy atom. The fourth-order valence-electron chi connectivity index (χ4n) is 1.44. The minimum absolute atomic E-state index is 0.0563. The number of nitrogens with zero attached hydrogens (tertiary/aromatic N) is 1. The maximum Gasteiger partial charge on any atom is 0.145 e. The first kappa shape index (κ1) is 13.7. The molecule has 0 spiro atoms. The number of hydrogen-bond acceptors (Lipinski definition) is 3. The second kappa shape index (κ2) is 5.84. The highest BCUT2D eigenvalue weighted by Gasteiger charge is 2.22. The van der Waals surface area contributed by atoms with Gasteiger partial charge < -0.3 is 11.1 Å². The van der Waals surface area contributed by atoms with Crippen molar-refractivity contribution in [3.8, 4) is 0 Å². The first-order chi connectivity index (χ1) is 7.50. The van der Waals surface area contributed by atoms with E-state index in [1.165, 1.54) is 0 Å². The second-order valence-electron chi connectivity index (χ2n) is 4.06. The van der Waals surface area contributed by atoms with Crippen LogP contribution in [-0.2, 0) is 0 Å². The molecule has 0 radical (unpaired) electrons. The van der Waals surface area contributed by atoms with Crippen molar-refractivity contribution in [2.75, 3.05) is 11.9 Å². The molecule has 1 heterocycles. The van der Waals surface area contributed by atoms with Crippen LogP contribution in [0.3, 0.4) is 0 Å². The monoisotopic (exact) mass is 305 g/mol. The Balaban J connectivity index is 2.85. The lowest BCUT2D eigenvalue weighted by molar-refractivity contribution is 0.462. The van der Waals surface area contributed by atoms with Gasteiger partial charge in [-0.05, 0) is 48.3 Å². The smallest absolute Gasteiger partial charge is 0.145 e. The summed E-state index contributed by atoms with van der Waals surface area (Å²) in [4.78, 5) is 4.26. The molecule has 0 aromatic carbocycles. The van der Waals surface area contributed by atoms with Crippen LogP contribution in [0.2, 0.25) is 5.02 Å². The Kier molecular flexibility index (Phi) is 5.02. The molecule has 1 atom stereocenters. The Hall–Kier alpha value is -0.320. The lowest BCUT2D eigenvalue weighted by Crippen LogP contribution is -2.36. The summed E-state index contributed by atoms with van der Waals surface area (Å²) >= 11 is 9.44. The predicted molar refractivity (Wildman–Crippen MR) is 72.9 cm³/mol. The average Bonchev–Trinajstić information content (AvgIpc) is 2.23. The number of nitrogens with one attached hydrogen (secondary N) is 1. The van der Waals surface area contributed by atoms with E-state index >= 15 is 0 Å². The number of halogens is 2. The molecule has 16 heavy (non-hydrogen) atoms. The van der Waals surface area contributed by atoms with Crippen LogP contribution in [0.25, 0.3) is 0 Å². The lowest BCUT2D eigenvalue weighted by atomic mass is 9.94. The summed E-state index contributed by atoms with van der Waals surface area (Å²) in [5.74, 6) is 0.711. The molecule has 1 aromatic heterocycles. The molecule has 0 bridgehead atoms. The molecule has 3 nitrogen and oxygen atoms in total. The summed E-state index contributed by atoms with van der Waals surface area (Å²) in [7, 11) is 0. The van der Waals surface area contributed by atoms with E-state index in [9.17, 15) is 0 Å². The van der Waals surface area contributed by atoms with Gasteiger partial charge >= 0.3 is 0 Å². The average molecular weight is 307 g/mol. The third kappa shape index (κ3) is 3.61. The molecule has 0 saturated carbocycles. The fourth-order valence-corrected chi connectivity index (χ4v) is 2.12. The zero-order valence-corrected chi connectivity index (χ0v) is 11.9. The Morgan fingerprint density at radius 2 is 2.31 bits per heavy atom. The van der Waals surface area contributed by atoms with Crippen LogP contribution >= 0.6 is 27.5 Å². The van der Waals surface area contributed by atoms with Crippen LogP contribution in [0.5, 0.6) is 0 Å². The van der Waals surface area contributed by atoms with Crippen LogP contribution < -0.4 is 11.1 Å². The quantitative estimate of drug-likeness (QED) is 0.876. The Morgan fingerprint density at radius 1 is 1.62 bits per heavy atom. The van der Waals surface area contributed by atoms with Crippen molar-refractivity contribution in [1.29, 1.82) is 0 Å². The molecule has 3 N–H and O–H groups in total. The van der Waals surface area contributed by atoms with E-state index < -0.39 is 0 Å².